The second-order valence-electron chi connectivity index (χ2n) is 8.00. The van der Waals surface area contributed by atoms with Gasteiger partial charge in [0.15, 0.2) is 0 Å². The van der Waals surface area contributed by atoms with Crippen LogP contribution in [0.25, 0.3) is 0 Å². The first-order valence-electron chi connectivity index (χ1n) is 10.6. The summed E-state index contributed by atoms with van der Waals surface area (Å²) in [7, 11) is 5.75. The number of benzene rings is 2. The molecule has 7 heteroatoms. The topological polar surface area (TPSA) is 65.1 Å². The third-order valence-electron chi connectivity index (χ3n) is 5.50. The number of rotatable bonds is 7. The SMILES string of the molecule is CN(Cc1ccc(N(C)C)cc1)C(=O)NCC(C(=O)N1CCOCC1)c1ccccc1. The lowest BCUT2D eigenvalue weighted by molar-refractivity contribution is -0.136. The van der Waals surface area contributed by atoms with E-state index >= 15 is 0 Å². The Hall–Kier alpha value is -3.06. The minimum atomic E-state index is -0.420. The maximum absolute atomic E-state index is 13.2. The van der Waals surface area contributed by atoms with Crippen LogP contribution in [0, 0.1) is 0 Å². The average molecular weight is 425 g/mol. The standard InChI is InChI=1S/C24H32N4O3/c1-26(2)21-11-9-19(10-12-21)18-27(3)24(30)25-17-22(20-7-5-4-6-8-20)23(29)28-13-15-31-16-14-28/h4-12,22H,13-18H2,1-3H3,(H,25,30). The second-order valence-corrected chi connectivity index (χ2v) is 8.00. The lowest BCUT2D eigenvalue weighted by Gasteiger charge is -2.31. The Balaban J connectivity index is 1.61. The second kappa shape index (κ2) is 10.8. The number of urea groups is 1. The zero-order valence-corrected chi connectivity index (χ0v) is 18.6. The van der Waals surface area contributed by atoms with Crippen LogP contribution in [0.5, 0.6) is 0 Å². The van der Waals surface area contributed by atoms with E-state index in [4.69, 9.17) is 4.74 Å². The van der Waals surface area contributed by atoms with Crippen LogP contribution >= 0.6 is 0 Å². The summed E-state index contributed by atoms with van der Waals surface area (Å²) in [6.45, 7) is 3.01. The lowest BCUT2D eigenvalue weighted by atomic mass is 9.97. The number of hydrogen-bond donors (Lipinski definition) is 1. The van der Waals surface area contributed by atoms with Crippen LogP contribution in [0.2, 0.25) is 0 Å². The average Bonchev–Trinajstić information content (AvgIpc) is 2.80. The largest absolute Gasteiger partial charge is 0.378 e. The van der Waals surface area contributed by atoms with Gasteiger partial charge in [-0.3, -0.25) is 4.79 Å². The molecule has 1 aliphatic rings. The number of nitrogens with one attached hydrogen (secondary N) is 1. The van der Waals surface area contributed by atoms with Gasteiger partial charge in [0.05, 0.1) is 19.1 Å². The molecule has 2 aromatic rings. The molecule has 31 heavy (non-hydrogen) atoms. The number of carbonyl (C=O) groups is 2. The number of amides is 3. The van der Waals surface area contributed by atoms with Crippen LogP contribution in [0.1, 0.15) is 17.0 Å². The molecule has 1 atom stereocenters. The number of ether oxygens (including phenoxy) is 1. The van der Waals surface area contributed by atoms with Crippen molar-refractivity contribution in [3.05, 3.63) is 65.7 Å². The Morgan fingerprint density at radius 3 is 2.26 bits per heavy atom. The highest BCUT2D eigenvalue weighted by Gasteiger charge is 2.28. The van der Waals surface area contributed by atoms with Crippen molar-refractivity contribution in [3.8, 4) is 0 Å². The molecular weight excluding hydrogens is 392 g/mol. The molecule has 1 aliphatic heterocycles. The number of morpholine rings is 1. The lowest BCUT2D eigenvalue weighted by Crippen LogP contribution is -2.46. The summed E-state index contributed by atoms with van der Waals surface area (Å²) >= 11 is 0. The fourth-order valence-corrected chi connectivity index (χ4v) is 3.61. The van der Waals surface area contributed by atoms with E-state index in [1.54, 1.807) is 11.9 Å². The smallest absolute Gasteiger partial charge is 0.317 e. The monoisotopic (exact) mass is 424 g/mol. The van der Waals surface area contributed by atoms with Gasteiger partial charge < -0.3 is 24.8 Å². The fraction of sp³-hybridized carbons (Fsp3) is 0.417. The van der Waals surface area contributed by atoms with Gasteiger partial charge in [-0.15, -0.1) is 0 Å². The zero-order chi connectivity index (χ0) is 22.2. The number of carbonyl (C=O) groups excluding carboxylic acids is 2. The molecule has 3 amide bonds. The van der Waals surface area contributed by atoms with E-state index in [1.807, 2.05) is 78.5 Å². The summed E-state index contributed by atoms with van der Waals surface area (Å²) in [6.07, 6.45) is 0. The highest BCUT2D eigenvalue weighted by molar-refractivity contribution is 5.85. The fourth-order valence-electron chi connectivity index (χ4n) is 3.61. The first-order chi connectivity index (χ1) is 15.0. The van der Waals surface area contributed by atoms with Gasteiger partial charge in [0.1, 0.15) is 0 Å². The third-order valence-corrected chi connectivity index (χ3v) is 5.50. The molecule has 0 aliphatic carbocycles. The van der Waals surface area contributed by atoms with Crippen molar-refractivity contribution < 1.29 is 14.3 Å². The van der Waals surface area contributed by atoms with E-state index in [2.05, 4.69) is 5.32 Å². The van der Waals surface area contributed by atoms with Gasteiger partial charge in [0.25, 0.3) is 0 Å². The van der Waals surface area contributed by atoms with Gasteiger partial charge in [0, 0.05) is 53.0 Å². The van der Waals surface area contributed by atoms with Crippen LogP contribution in [-0.4, -0.2) is 75.7 Å². The summed E-state index contributed by atoms with van der Waals surface area (Å²) in [4.78, 5) is 31.4. The quantitative estimate of drug-likeness (QED) is 0.742. The summed E-state index contributed by atoms with van der Waals surface area (Å²) < 4.78 is 5.37. The summed E-state index contributed by atoms with van der Waals surface area (Å²) in [5.41, 5.74) is 3.07. The van der Waals surface area contributed by atoms with Gasteiger partial charge in [0.2, 0.25) is 5.91 Å². The van der Waals surface area contributed by atoms with Crippen molar-refractivity contribution in [1.29, 1.82) is 0 Å². The predicted octanol–water partition coefficient (Wildman–Crippen LogP) is 2.54. The van der Waals surface area contributed by atoms with Crippen LogP contribution in [-0.2, 0) is 16.1 Å². The van der Waals surface area contributed by atoms with Gasteiger partial charge >= 0.3 is 6.03 Å². The van der Waals surface area contributed by atoms with Crippen molar-refractivity contribution >= 4 is 17.6 Å². The molecule has 3 rings (SSSR count). The highest BCUT2D eigenvalue weighted by atomic mass is 16.5. The molecule has 0 spiro atoms. The van der Waals surface area contributed by atoms with Crippen LogP contribution < -0.4 is 10.2 Å². The summed E-state index contributed by atoms with van der Waals surface area (Å²) in [6, 6.07) is 17.5. The molecule has 0 saturated carbocycles. The minimum absolute atomic E-state index is 0.0247. The van der Waals surface area contributed by atoms with Gasteiger partial charge in [-0.1, -0.05) is 42.5 Å². The molecule has 2 aromatic carbocycles. The van der Waals surface area contributed by atoms with Crippen molar-refractivity contribution in [2.75, 3.05) is 58.9 Å². The molecule has 1 N–H and O–H groups in total. The van der Waals surface area contributed by atoms with Crippen LogP contribution in [0.15, 0.2) is 54.6 Å². The molecule has 1 heterocycles. The first-order valence-corrected chi connectivity index (χ1v) is 10.6. The molecule has 0 radical (unpaired) electrons. The van der Waals surface area contributed by atoms with Crippen molar-refractivity contribution in [2.24, 2.45) is 0 Å². The zero-order valence-electron chi connectivity index (χ0n) is 18.6. The van der Waals surface area contributed by atoms with E-state index in [0.717, 1.165) is 16.8 Å². The van der Waals surface area contributed by atoms with Gasteiger partial charge in [-0.25, -0.2) is 4.79 Å². The molecule has 0 aromatic heterocycles. The van der Waals surface area contributed by atoms with E-state index in [0.29, 0.717) is 32.8 Å². The molecule has 1 saturated heterocycles. The predicted molar refractivity (Wildman–Crippen MR) is 122 cm³/mol. The van der Waals surface area contributed by atoms with E-state index in [1.165, 1.54) is 0 Å². The van der Waals surface area contributed by atoms with Crippen molar-refractivity contribution in [1.82, 2.24) is 15.1 Å². The Labute approximate surface area is 184 Å². The molecule has 1 fully saturated rings. The number of hydrogen-bond acceptors (Lipinski definition) is 4. The van der Waals surface area contributed by atoms with Gasteiger partial charge in [-0.05, 0) is 23.3 Å². The first kappa shape index (κ1) is 22.6. The van der Waals surface area contributed by atoms with E-state index < -0.39 is 5.92 Å². The van der Waals surface area contributed by atoms with E-state index in [-0.39, 0.29) is 18.5 Å². The molecule has 0 bridgehead atoms. The normalized spacial score (nSPS) is 14.6. The maximum Gasteiger partial charge on any atom is 0.317 e. The molecule has 1 unspecified atom stereocenters. The van der Waals surface area contributed by atoms with Crippen molar-refractivity contribution in [3.63, 3.8) is 0 Å². The minimum Gasteiger partial charge on any atom is -0.378 e. The third kappa shape index (κ3) is 6.21. The summed E-state index contributed by atoms with van der Waals surface area (Å²) in [5.74, 6) is -0.396. The molecular formula is C24H32N4O3. The number of nitrogens with zero attached hydrogens (tertiary/aromatic N) is 3. The number of anilines is 1. The Kier molecular flexibility index (Phi) is 7.89. The summed E-state index contributed by atoms with van der Waals surface area (Å²) in [5, 5.41) is 2.95. The Morgan fingerprint density at radius 1 is 1.00 bits per heavy atom. The Morgan fingerprint density at radius 2 is 1.65 bits per heavy atom. The molecule has 166 valence electrons. The Bertz CT molecular complexity index is 849. The van der Waals surface area contributed by atoms with Crippen LogP contribution in [0.4, 0.5) is 10.5 Å². The van der Waals surface area contributed by atoms with Gasteiger partial charge in [-0.2, -0.15) is 0 Å². The molecule has 7 nitrogen and oxygen atoms in total. The highest BCUT2D eigenvalue weighted by Crippen LogP contribution is 2.19. The van der Waals surface area contributed by atoms with Crippen molar-refractivity contribution in [2.45, 2.75) is 12.5 Å². The van der Waals surface area contributed by atoms with Crippen LogP contribution in [0.3, 0.4) is 0 Å². The van der Waals surface area contributed by atoms with E-state index in [9.17, 15) is 9.59 Å². The maximum atomic E-state index is 13.2.